The fourth-order valence-electron chi connectivity index (χ4n) is 4.00. The van der Waals surface area contributed by atoms with E-state index in [1.807, 2.05) is 48.5 Å². The molecule has 0 aliphatic carbocycles. The maximum Gasteiger partial charge on any atom is 0.241 e. The van der Waals surface area contributed by atoms with Crippen molar-refractivity contribution < 1.29 is 13.2 Å². The van der Waals surface area contributed by atoms with Gasteiger partial charge in [-0.05, 0) is 61.2 Å². The molecule has 2 heterocycles. The number of nitrogens with one attached hydrogen (secondary N) is 2. The molecule has 1 atom stereocenters. The highest BCUT2D eigenvalue weighted by Crippen LogP contribution is 2.23. The fourth-order valence-corrected chi connectivity index (χ4v) is 5.00. The molecule has 7 nitrogen and oxygen atoms in total. The molecule has 1 unspecified atom stereocenters. The van der Waals surface area contributed by atoms with Gasteiger partial charge in [-0.1, -0.05) is 36.4 Å². The number of hydrogen-bond acceptors (Lipinski definition) is 5. The summed E-state index contributed by atoms with van der Waals surface area (Å²) in [7, 11) is -3.88. The summed E-state index contributed by atoms with van der Waals surface area (Å²) in [5.74, 6) is -1.29. The molecule has 1 saturated heterocycles. The molecule has 172 valence electrons. The van der Waals surface area contributed by atoms with Crippen LogP contribution in [0.25, 0.3) is 0 Å². The molecule has 3 aromatic rings. The third-order valence-corrected chi connectivity index (χ3v) is 6.79. The van der Waals surface area contributed by atoms with Crippen molar-refractivity contribution >= 4 is 27.3 Å². The fraction of sp³-hybridized carbons (Fsp3) is 0.280. The number of benzene rings is 2. The van der Waals surface area contributed by atoms with Gasteiger partial charge in [0.2, 0.25) is 15.9 Å². The SMILES string of the molecule is O=C(CS(=O)(=O)Nc1ccc(N2CCCCC2)cc1)NC(c1ccccc1)c1ccccn1. The Balaban J connectivity index is 1.41. The first-order valence-corrected chi connectivity index (χ1v) is 12.8. The molecular weight excluding hydrogens is 436 g/mol. The molecule has 1 fully saturated rings. The molecular formula is C25H28N4O3S. The third kappa shape index (κ3) is 6.32. The summed E-state index contributed by atoms with van der Waals surface area (Å²) in [5.41, 5.74) is 2.98. The Kier molecular flexibility index (Phi) is 7.24. The lowest BCUT2D eigenvalue weighted by molar-refractivity contribution is -0.119. The van der Waals surface area contributed by atoms with Crippen LogP contribution in [0.4, 0.5) is 11.4 Å². The maximum absolute atomic E-state index is 12.7. The second kappa shape index (κ2) is 10.5. The van der Waals surface area contributed by atoms with Crippen molar-refractivity contribution in [2.24, 2.45) is 0 Å². The molecule has 2 N–H and O–H groups in total. The van der Waals surface area contributed by atoms with Crippen LogP contribution in [0, 0.1) is 0 Å². The number of hydrogen-bond donors (Lipinski definition) is 2. The zero-order valence-electron chi connectivity index (χ0n) is 18.4. The van der Waals surface area contributed by atoms with E-state index in [0.29, 0.717) is 11.4 Å². The van der Waals surface area contributed by atoms with Crippen molar-refractivity contribution in [3.8, 4) is 0 Å². The second-order valence-corrected chi connectivity index (χ2v) is 9.84. The van der Waals surface area contributed by atoms with Crippen LogP contribution in [0.3, 0.4) is 0 Å². The number of pyridine rings is 1. The number of piperidine rings is 1. The van der Waals surface area contributed by atoms with Crippen LogP contribution in [-0.4, -0.2) is 38.2 Å². The zero-order chi connectivity index (χ0) is 23.1. The summed E-state index contributed by atoms with van der Waals surface area (Å²) in [6, 6.07) is 21.5. The average molecular weight is 465 g/mol. The maximum atomic E-state index is 12.7. The Morgan fingerprint density at radius 2 is 1.61 bits per heavy atom. The highest BCUT2D eigenvalue weighted by molar-refractivity contribution is 7.93. The molecule has 1 aromatic heterocycles. The van der Waals surface area contributed by atoms with Gasteiger partial charge >= 0.3 is 0 Å². The molecule has 4 rings (SSSR count). The second-order valence-electron chi connectivity index (χ2n) is 8.12. The van der Waals surface area contributed by atoms with E-state index in [0.717, 1.165) is 24.3 Å². The minimum Gasteiger partial charge on any atom is -0.372 e. The molecule has 2 aromatic carbocycles. The summed E-state index contributed by atoms with van der Waals surface area (Å²) in [6.07, 6.45) is 5.24. The molecule has 1 aliphatic rings. The van der Waals surface area contributed by atoms with Gasteiger partial charge in [0.25, 0.3) is 0 Å². The van der Waals surface area contributed by atoms with Gasteiger partial charge in [0.1, 0.15) is 5.75 Å². The smallest absolute Gasteiger partial charge is 0.241 e. The van der Waals surface area contributed by atoms with Gasteiger partial charge in [-0.3, -0.25) is 14.5 Å². The number of aromatic nitrogens is 1. The van der Waals surface area contributed by atoms with Crippen LogP contribution in [0.1, 0.15) is 36.6 Å². The van der Waals surface area contributed by atoms with Crippen LogP contribution in [0.15, 0.2) is 79.0 Å². The summed E-state index contributed by atoms with van der Waals surface area (Å²) >= 11 is 0. The summed E-state index contributed by atoms with van der Waals surface area (Å²) < 4.78 is 27.8. The minimum atomic E-state index is -3.88. The van der Waals surface area contributed by atoms with Crippen molar-refractivity contribution in [3.05, 3.63) is 90.3 Å². The van der Waals surface area contributed by atoms with Crippen LogP contribution in [0.5, 0.6) is 0 Å². The van der Waals surface area contributed by atoms with E-state index in [2.05, 4.69) is 19.9 Å². The Bertz CT molecular complexity index is 1110. The van der Waals surface area contributed by atoms with Gasteiger partial charge in [-0.25, -0.2) is 8.42 Å². The standard InChI is InChI=1S/C25H28N4O3S/c30-24(27-25(20-9-3-1-4-10-20)23-11-5-6-16-26-23)19-33(31,32)28-21-12-14-22(15-13-21)29-17-7-2-8-18-29/h1,3-6,9-16,25,28H,2,7-8,17-19H2,(H,27,30). The summed E-state index contributed by atoms with van der Waals surface area (Å²) in [6.45, 7) is 2.04. The number of nitrogens with zero attached hydrogens (tertiary/aromatic N) is 2. The molecule has 0 spiro atoms. The van der Waals surface area contributed by atoms with Gasteiger partial charge in [-0.15, -0.1) is 0 Å². The molecule has 33 heavy (non-hydrogen) atoms. The number of anilines is 2. The predicted molar refractivity (Wildman–Crippen MR) is 131 cm³/mol. The number of amides is 1. The van der Waals surface area contributed by atoms with E-state index in [1.54, 1.807) is 30.5 Å². The number of rotatable bonds is 8. The highest BCUT2D eigenvalue weighted by Gasteiger charge is 2.22. The molecule has 0 saturated carbocycles. The lowest BCUT2D eigenvalue weighted by atomic mass is 10.0. The highest BCUT2D eigenvalue weighted by atomic mass is 32.2. The number of carbonyl (C=O) groups excluding carboxylic acids is 1. The van der Waals surface area contributed by atoms with E-state index < -0.39 is 27.7 Å². The first-order chi connectivity index (χ1) is 16.0. The van der Waals surface area contributed by atoms with Crippen LogP contribution >= 0.6 is 0 Å². The van der Waals surface area contributed by atoms with Gasteiger partial charge < -0.3 is 10.2 Å². The third-order valence-electron chi connectivity index (χ3n) is 5.60. The van der Waals surface area contributed by atoms with E-state index in [4.69, 9.17) is 0 Å². The minimum absolute atomic E-state index is 0.438. The Morgan fingerprint density at radius 3 is 2.27 bits per heavy atom. The van der Waals surface area contributed by atoms with Crippen molar-refractivity contribution in [2.75, 3.05) is 28.5 Å². The monoisotopic (exact) mass is 464 g/mol. The van der Waals surface area contributed by atoms with Crippen LogP contribution in [-0.2, 0) is 14.8 Å². The average Bonchev–Trinajstić information content (AvgIpc) is 2.84. The molecule has 0 bridgehead atoms. The van der Waals surface area contributed by atoms with Gasteiger partial charge in [0.05, 0.1) is 11.7 Å². The first kappa shape index (κ1) is 22.8. The number of sulfonamides is 1. The molecule has 1 aliphatic heterocycles. The topological polar surface area (TPSA) is 91.4 Å². The van der Waals surface area contributed by atoms with E-state index in [-0.39, 0.29) is 0 Å². The number of carbonyl (C=O) groups is 1. The van der Waals surface area contributed by atoms with Crippen molar-refractivity contribution in [1.29, 1.82) is 0 Å². The van der Waals surface area contributed by atoms with Crippen molar-refractivity contribution in [1.82, 2.24) is 10.3 Å². The van der Waals surface area contributed by atoms with Crippen LogP contribution < -0.4 is 14.9 Å². The van der Waals surface area contributed by atoms with Crippen LogP contribution in [0.2, 0.25) is 0 Å². The van der Waals surface area contributed by atoms with E-state index in [9.17, 15) is 13.2 Å². The van der Waals surface area contributed by atoms with Gasteiger partial charge in [0.15, 0.2) is 0 Å². The zero-order valence-corrected chi connectivity index (χ0v) is 19.2. The normalized spacial score (nSPS) is 15.0. The Labute approximate surface area is 194 Å². The summed E-state index contributed by atoms with van der Waals surface area (Å²) in [5, 5.41) is 2.82. The lowest BCUT2D eigenvalue weighted by Crippen LogP contribution is -2.36. The molecule has 1 amide bonds. The molecule has 0 radical (unpaired) electrons. The Hall–Kier alpha value is -3.39. The lowest BCUT2D eigenvalue weighted by Gasteiger charge is -2.28. The predicted octanol–water partition coefficient (Wildman–Crippen LogP) is 3.72. The van der Waals surface area contributed by atoms with Crippen molar-refractivity contribution in [3.63, 3.8) is 0 Å². The first-order valence-electron chi connectivity index (χ1n) is 11.1. The van der Waals surface area contributed by atoms with Gasteiger partial charge in [0, 0.05) is 30.7 Å². The van der Waals surface area contributed by atoms with E-state index in [1.165, 1.54) is 19.3 Å². The van der Waals surface area contributed by atoms with Gasteiger partial charge in [-0.2, -0.15) is 0 Å². The molecule has 8 heteroatoms. The largest absolute Gasteiger partial charge is 0.372 e. The van der Waals surface area contributed by atoms with E-state index >= 15 is 0 Å². The quantitative estimate of drug-likeness (QED) is 0.530. The Morgan fingerprint density at radius 1 is 0.909 bits per heavy atom. The summed E-state index contributed by atoms with van der Waals surface area (Å²) in [4.78, 5) is 19.3. The van der Waals surface area contributed by atoms with Crippen molar-refractivity contribution in [2.45, 2.75) is 25.3 Å².